The Morgan fingerprint density at radius 2 is 1.76 bits per heavy atom. The van der Waals surface area contributed by atoms with Crippen molar-refractivity contribution in [3.63, 3.8) is 0 Å². The summed E-state index contributed by atoms with van der Waals surface area (Å²) in [6, 6.07) is 24.5. The van der Waals surface area contributed by atoms with Gasteiger partial charge in [0.25, 0.3) is 5.56 Å². The highest BCUT2D eigenvalue weighted by Gasteiger charge is 2.33. The summed E-state index contributed by atoms with van der Waals surface area (Å²) in [5.41, 5.74) is 7.85. The average Bonchev–Trinajstić information content (AvgIpc) is 3.18. The molecule has 0 N–H and O–H groups in total. The number of aromatic nitrogens is 1. The zero-order chi connectivity index (χ0) is 23.2. The van der Waals surface area contributed by atoms with Crippen LogP contribution < -0.4 is 19.6 Å². The van der Waals surface area contributed by atoms with Gasteiger partial charge < -0.3 is 4.74 Å². The zero-order valence-electron chi connectivity index (χ0n) is 19.1. The number of aryl methyl sites for hydroxylation is 2. The molecule has 5 heteroatoms. The number of ether oxygens (including phenoxy) is 1. The lowest BCUT2D eigenvalue weighted by Crippen LogP contribution is -2.38. The quantitative estimate of drug-likeness (QED) is 0.444. The number of hydrogen-bond donors (Lipinski definition) is 0. The van der Waals surface area contributed by atoms with Crippen molar-refractivity contribution in [2.45, 2.75) is 25.8 Å². The van der Waals surface area contributed by atoms with Gasteiger partial charge in [-0.05, 0) is 48.6 Å². The molecule has 1 aromatic heterocycles. The fourth-order valence-electron chi connectivity index (χ4n) is 5.01. The van der Waals surface area contributed by atoms with Crippen molar-refractivity contribution in [1.82, 2.24) is 4.57 Å². The van der Waals surface area contributed by atoms with Gasteiger partial charge in [0, 0.05) is 11.1 Å². The molecule has 34 heavy (non-hydrogen) atoms. The van der Waals surface area contributed by atoms with Crippen molar-refractivity contribution in [1.29, 1.82) is 0 Å². The minimum absolute atomic E-state index is 0.00867. The summed E-state index contributed by atoms with van der Waals surface area (Å²) >= 11 is 1.46. The van der Waals surface area contributed by atoms with E-state index in [4.69, 9.17) is 9.73 Å². The third-order valence-corrected chi connectivity index (χ3v) is 7.66. The van der Waals surface area contributed by atoms with Crippen molar-refractivity contribution in [2.24, 2.45) is 4.99 Å². The lowest BCUT2D eigenvalue weighted by Gasteiger charge is -2.31. The molecule has 0 radical (unpaired) electrons. The smallest absolute Gasteiger partial charge is 0.271 e. The van der Waals surface area contributed by atoms with Gasteiger partial charge in [0.05, 0.1) is 23.4 Å². The molecule has 1 aliphatic carbocycles. The van der Waals surface area contributed by atoms with Gasteiger partial charge in [-0.3, -0.25) is 9.36 Å². The van der Waals surface area contributed by atoms with E-state index in [0.717, 1.165) is 40.2 Å². The van der Waals surface area contributed by atoms with Crippen LogP contribution in [0.1, 0.15) is 40.3 Å². The summed E-state index contributed by atoms with van der Waals surface area (Å²) in [5, 5.41) is 0. The Hall–Kier alpha value is -3.70. The highest BCUT2D eigenvalue weighted by atomic mass is 32.1. The molecule has 0 saturated carbocycles. The Morgan fingerprint density at radius 3 is 2.59 bits per heavy atom. The predicted octanol–water partition coefficient (Wildman–Crippen LogP) is 4.64. The third-order valence-electron chi connectivity index (χ3n) is 6.68. The third kappa shape index (κ3) is 3.35. The van der Waals surface area contributed by atoms with Gasteiger partial charge in [0.15, 0.2) is 4.80 Å². The molecular weight excluding hydrogens is 440 g/mol. The minimum atomic E-state index is -0.240. The molecular formula is C29H24N2O2S. The standard InChI is InChI=1S/C29H24N2O2S/c1-18-11-13-19(14-12-18)17-25-28(32)31-27(22-9-5-6-10-24(22)33-2)23-16-15-20-7-3-4-8-21(20)26(23)30-29(31)34-25/h3-14,17,27H,15-16H2,1-2H3/b25-17-. The van der Waals surface area contributed by atoms with Gasteiger partial charge >= 0.3 is 0 Å². The van der Waals surface area contributed by atoms with E-state index in [1.165, 1.54) is 33.6 Å². The molecule has 6 rings (SSSR count). The topological polar surface area (TPSA) is 43.6 Å². The summed E-state index contributed by atoms with van der Waals surface area (Å²) in [7, 11) is 1.69. The molecule has 0 saturated heterocycles. The number of rotatable bonds is 3. The first-order chi connectivity index (χ1) is 16.6. The number of fused-ring (bicyclic) bond motifs is 3. The molecule has 0 spiro atoms. The van der Waals surface area contributed by atoms with Gasteiger partial charge in [-0.25, -0.2) is 4.99 Å². The Labute approximate surface area is 201 Å². The average molecular weight is 465 g/mol. The van der Waals surface area contributed by atoms with E-state index in [2.05, 4.69) is 49.4 Å². The molecule has 0 bridgehead atoms. The summed E-state index contributed by atoms with van der Waals surface area (Å²) in [6.07, 6.45) is 3.77. The van der Waals surface area contributed by atoms with Crippen LogP contribution in [0.3, 0.4) is 0 Å². The molecule has 168 valence electrons. The number of allylic oxidation sites excluding steroid dienone is 1. The number of para-hydroxylation sites is 1. The van der Waals surface area contributed by atoms with Crippen molar-refractivity contribution >= 4 is 23.1 Å². The molecule has 1 unspecified atom stereocenters. The second-order valence-electron chi connectivity index (χ2n) is 8.77. The van der Waals surface area contributed by atoms with Gasteiger partial charge in [0.1, 0.15) is 5.75 Å². The van der Waals surface area contributed by atoms with Crippen molar-refractivity contribution in [3.8, 4) is 5.75 Å². The highest BCUT2D eigenvalue weighted by molar-refractivity contribution is 7.07. The van der Waals surface area contributed by atoms with E-state index in [1.807, 2.05) is 41.0 Å². The van der Waals surface area contributed by atoms with Crippen molar-refractivity contribution < 1.29 is 4.74 Å². The van der Waals surface area contributed by atoms with Crippen LogP contribution in [0, 0.1) is 6.92 Å². The molecule has 4 nitrogen and oxygen atoms in total. The van der Waals surface area contributed by atoms with E-state index in [0.29, 0.717) is 4.53 Å². The Balaban J connectivity index is 1.64. The maximum absolute atomic E-state index is 13.8. The van der Waals surface area contributed by atoms with Crippen LogP contribution in [-0.4, -0.2) is 11.7 Å². The summed E-state index contributed by atoms with van der Waals surface area (Å²) in [4.78, 5) is 19.6. The lowest BCUT2D eigenvalue weighted by molar-refractivity contribution is 0.402. The Kier molecular flexibility index (Phi) is 5.07. The maximum atomic E-state index is 13.8. The van der Waals surface area contributed by atoms with E-state index in [-0.39, 0.29) is 11.6 Å². The summed E-state index contributed by atoms with van der Waals surface area (Å²) in [5.74, 6) is 0.785. The SMILES string of the molecule is COc1ccccc1C1C2=C(N=c3s/c(=C\c4ccc(C)cc4)c(=O)n31)c1ccccc1CC2. The van der Waals surface area contributed by atoms with Crippen LogP contribution in [0.25, 0.3) is 11.8 Å². The molecule has 1 atom stereocenters. The predicted molar refractivity (Wildman–Crippen MR) is 137 cm³/mol. The summed E-state index contributed by atoms with van der Waals surface area (Å²) < 4.78 is 8.30. The molecule has 0 amide bonds. The molecule has 3 aromatic carbocycles. The van der Waals surface area contributed by atoms with Gasteiger partial charge in [0.2, 0.25) is 0 Å². The second-order valence-corrected chi connectivity index (χ2v) is 9.78. The Morgan fingerprint density at radius 1 is 1.00 bits per heavy atom. The first kappa shape index (κ1) is 20.9. The van der Waals surface area contributed by atoms with Crippen LogP contribution in [0.5, 0.6) is 5.75 Å². The maximum Gasteiger partial charge on any atom is 0.271 e. The van der Waals surface area contributed by atoms with E-state index >= 15 is 0 Å². The van der Waals surface area contributed by atoms with Crippen molar-refractivity contribution in [2.75, 3.05) is 7.11 Å². The van der Waals surface area contributed by atoms with Crippen LogP contribution >= 0.6 is 11.3 Å². The second kappa shape index (κ2) is 8.26. The molecule has 4 aromatic rings. The van der Waals surface area contributed by atoms with E-state index in [9.17, 15) is 4.79 Å². The first-order valence-electron chi connectivity index (χ1n) is 11.5. The lowest BCUT2D eigenvalue weighted by atomic mass is 9.83. The van der Waals surface area contributed by atoms with Crippen LogP contribution in [0.4, 0.5) is 0 Å². The zero-order valence-corrected chi connectivity index (χ0v) is 19.9. The normalized spacial score (nSPS) is 17.0. The molecule has 2 heterocycles. The number of thiazole rings is 1. The van der Waals surface area contributed by atoms with Crippen LogP contribution in [-0.2, 0) is 6.42 Å². The number of nitrogens with zero attached hydrogens (tertiary/aromatic N) is 2. The fraction of sp³-hybridized carbons (Fsp3) is 0.172. The monoisotopic (exact) mass is 464 g/mol. The number of methoxy groups -OCH3 is 1. The van der Waals surface area contributed by atoms with Gasteiger partial charge in [-0.1, -0.05) is 83.6 Å². The largest absolute Gasteiger partial charge is 0.496 e. The van der Waals surface area contributed by atoms with E-state index < -0.39 is 0 Å². The molecule has 2 aliphatic rings. The van der Waals surface area contributed by atoms with Crippen LogP contribution in [0.2, 0.25) is 0 Å². The van der Waals surface area contributed by atoms with Crippen molar-refractivity contribution in [3.05, 3.63) is 126 Å². The molecule has 0 fully saturated rings. The number of hydrogen-bond acceptors (Lipinski definition) is 4. The van der Waals surface area contributed by atoms with Gasteiger partial charge in [-0.2, -0.15) is 0 Å². The first-order valence-corrected chi connectivity index (χ1v) is 12.3. The van der Waals surface area contributed by atoms with Crippen LogP contribution in [0.15, 0.2) is 88.2 Å². The Bertz CT molecular complexity index is 1620. The fourth-order valence-corrected chi connectivity index (χ4v) is 6.01. The number of benzene rings is 3. The van der Waals surface area contributed by atoms with E-state index in [1.54, 1.807) is 7.11 Å². The molecule has 1 aliphatic heterocycles. The minimum Gasteiger partial charge on any atom is -0.496 e. The summed E-state index contributed by atoms with van der Waals surface area (Å²) in [6.45, 7) is 2.06. The highest BCUT2D eigenvalue weighted by Crippen LogP contribution is 2.43. The van der Waals surface area contributed by atoms with Gasteiger partial charge in [-0.15, -0.1) is 0 Å².